The molecule has 0 saturated carbocycles. The second-order valence-electron chi connectivity index (χ2n) is 9.36. The molecule has 5 rings (SSSR count). The summed E-state index contributed by atoms with van der Waals surface area (Å²) in [5, 5.41) is 6.40. The Labute approximate surface area is 217 Å². The van der Waals surface area contributed by atoms with Crippen LogP contribution < -0.4 is 10.6 Å². The maximum atomic E-state index is 13.2. The van der Waals surface area contributed by atoms with Crippen molar-refractivity contribution in [1.29, 1.82) is 0 Å². The molecule has 7 nitrogen and oxygen atoms in total. The van der Waals surface area contributed by atoms with Crippen molar-refractivity contribution in [2.75, 3.05) is 37.9 Å². The number of hydrogen-bond acceptors (Lipinski definition) is 6. The summed E-state index contributed by atoms with van der Waals surface area (Å²) in [6, 6.07) is 23.3. The maximum Gasteiger partial charge on any atom is 0.337 e. The molecule has 190 valence electrons. The van der Waals surface area contributed by atoms with Crippen LogP contribution in [0, 0.1) is 0 Å². The highest BCUT2D eigenvalue weighted by atomic mass is 16.5. The molecule has 0 bridgehead atoms. The molecule has 2 N–H and O–H groups in total. The van der Waals surface area contributed by atoms with Gasteiger partial charge in [0.25, 0.3) is 5.91 Å². The first-order valence-electron chi connectivity index (χ1n) is 12.5. The SMILES string of the molecule is COC(=O)c1ccc2c(c1)NC(=O)C2=C(Nc1ccc(CN2CCC(OC)CC2)cc1)c1ccccc1. The number of amides is 1. The van der Waals surface area contributed by atoms with Crippen LogP contribution in [0.5, 0.6) is 0 Å². The fourth-order valence-corrected chi connectivity index (χ4v) is 4.95. The van der Waals surface area contributed by atoms with Crippen molar-refractivity contribution in [3.8, 4) is 0 Å². The van der Waals surface area contributed by atoms with Gasteiger partial charge in [0.05, 0.1) is 35.7 Å². The van der Waals surface area contributed by atoms with Crippen LogP contribution in [0.25, 0.3) is 11.3 Å². The summed E-state index contributed by atoms with van der Waals surface area (Å²) in [7, 11) is 3.13. The smallest absolute Gasteiger partial charge is 0.337 e. The molecule has 0 radical (unpaired) electrons. The van der Waals surface area contributed by atoms with Gasteiger partial charge in [-0.2, -0.15) is 0 Å². The normalized spacial score (nSPS) is 17.2. The van der Waals surface area contributed by atoms with E-state index < -0.39 is 5.97 Å². The van der Waals surface area contributed by atoms with Crippen LogP contribution in [-0.4, -0.2) is 50.2 Å². The summed E-state index contributed by atoms with van der Waals surface area (Å²) in [6.45, 7) is 2.98. The van der Waals surface area contributed by atoms with Crippen LogP contribution in [0.2, 0.25) is 0 Å². The Morgan fingerprint density at radius 2 is 1.70 bits per heavy atom. The quantitative estimate of drug-likeness (QED) is 0.353. The van der Waals surface area contributed by atoms with Gasteiger partial charge in [0, 0.05) is 38.0 Å². The van der Waals surface area contributed by atoms with Gasteiger partial charge >= 0.3 is 5.97 Å². The highest BCUT2D eigenvalue weighted by Gasteiger charge is 2.29. The molecule has 2 heterocycles. The zero-order chi connectivity index (χ0) is 25.8. The van der Waals surface area contributed by atoms with Crippen LogP contribution in [0.4, 0.5) is 11.4 Å². The number of nitrogens with one attached hydrogen (secondary N) is 2. The molecule has 2 aliphatic rings. The predicted octanol–water partition coefficient (Wildman–Crippen LogP) is 5.02. The van der Waals surface area contributed by atoms with Gasteiger partial charge in [-0.15, -0.1) is 0 Å². The van der Waals surface area contributed by atoms with Crippen LogP contribution in [0.3, 0.4) is 0 Å². The molecule has 1 saturated heterocycles. The third-order valence-electron chi connectivity index (χ3n) is 7.00. The summed E-state index contributed by atoms with van der Waals surface area (Å²) >= 11 is 0. The van der Waals surface area contributed by atoms with Crippen LogP contribution >= 0.6 is 0 Å². The standard InChI is InChI=1S/C30H31N3O4/c1-36-24-14-16-33(17-15-24)19-20-8-11-23(12-9-20)31-28(21-6-4-3-5-7-21)27-25-13-10-22(30(35)37-2)18-26(25)32-29(27)34/h3-13,18,24,31H,14-17,19H2,1-2H3,(H,32,34). The summed E-state index contributed by atoms with van der Waals surface area (Å²) in [4.78, 5) is 27.6. The average molecular weight is 498 g/mol. The lowest BCUT2D eigenvalue weighted by Crippen LogP contribution is -2.36. The molecule has 0 unspecified atom stereocenters. The molecule has 7 heteroatoms. The van der Waals surface area contributed by atoms with Crippen molar-refractivity contribution in [2.24, 2.45) is 0 Å². The first kappa shape index (κ1) is 24.7. The molecule has 1 fully saturated rings. The minimum atomic E-state index is -0.445. The fourth-order valence-electron chi connectivity index (χ4n) is 4.95. The summed E-state index contributed by atoms with van der Waals surface area (Å²) in [5.74, 6) is -0.668. The number of fused-ring (bicyclic) bond motifs is 1. The molecule has 3 aromatic rings. The lowest BCUT2D eigenvalue weighted by Gasteiger charge is -2.31. The second-order valence-corrected chi connectivity index (χ2v) is 9.36. The van der Waals surface area contributed by atoms with Crippen LogP contribution in [0.15, 0.2) is 72.8 Å². The molecule has 0 spiro atoms. The number of methoxy groups -OCH3 is 2. The lowest BCUT2D eigenvalue weighted by molar-refractivity contribution is -0.110. The van der Waals surface area contributed by atoms with Crippen molar-refractivity contribution >= 4 is 34.5 Å². The van der Waals surface area contributed by atoms with Crippen molar-refractivity contribution in [3.05, 3.63) is 95.1 Å². The summed E-state index contributed by atoms with van der Waals surface area (Å²) in [6.07, 6.45) is 2.50. The molecule has 37 heavy (non-hydrogen) atoms. The molecular formula is C30H31N3O4. The topological polar surface area (TPSA) is 79.9 Å². The number of ether oxygens (including phenoxy) is 2. The molecule has 3 aromatic carbocycles. The predicted molar refractivity (Wildman–Crippen MR) is 145 cm³/mol. The van der Waals surface area contributed by atoms with Crippen LogP contribution in [0.1, 0.15) is 39.9 Å². The van der Waals surface area contributed by atoms with E-state index in [1.807, 2.05) is 30.3 Å². The zero-order valence-electron chi connectivity index (χ0n) is 21.1. The number of anilines is 2. The Balaban J connectivity index is 1.42. The molecule has 0 aliphatic carbocycles. The van der Waals surface area contributed by atoms with Gasteiger partial charge in [-0.1, -0.05) is 48.5 Å². The van der Waals surface area contributed by atoms with E-state index in [0.29, 0.717) is 28.6 Å². The Kier molecular flexibility index (Phi) is 7.35. The van der Waals surface area contributed by atoms with Crippen molar-refractivity contribution in [1.82, 2.24) is 4.90 Å². The first-order chi connectivity index (χ1) is 18.1. The van der Waals surface area contributed by atoms with E-state index in [2.05, 4.69) is 39.8 Å². The van der Waals surface area contributed by atoms with E-state index >= 15 is 0 Å². The monoisotopic (exact) mass is 497 g/mol. The largest absolute Gasteiger partial charge is 0.465 e. The zero-order valence-corrected chi connectivity index (χ0v) is 21.1. The van der Waals surface area contributed by atoms with Gasteiger partial charge in [-0.25, -0.2) is 4.79 Å². The Morgan fingerprint density at radius 3 is 2.38 bits per heavy atom. The van der Waals surface area contributed by atoms with Gasteiger partial charge < -0.3 is 20.1 Å². The number of benzene rings is 3. The molecule has 2 aliphatic heterocycles. The van der Waals surface area contributed by atoms with E-state index in [1.165, 1.54) is 12.7 Å². The molecular weight excluding hydrogens is 466 g/mol. The Bertz CT molecular complexity index is 1310. The third kappa shape index (κ3) is 5.43. The molecule has 1 amide bonds. The van der Waals surface area contributed by atoms with Gasteiger partial charge in [-0.05, 0) is 48.2 Å². The van der Waals surface area contributed by atoms with Crippen molar-refractivity contribution in [2.45, 2.75) is 25.5 Å². The first-order valence-corrected chi connectivity index (χ1v) is 12.5. The summed E-state index contributed by atoms with van der Waals surface area (Å²) < 4.78 is 10.3. The second kappa shape index (κ2) is 11.0. The Hall–Kier alpha value is -3.94. The van der Waals surface area contributed by atoms with E-state index in [0.717, 1.165) is 49.3 Å². The number of carbonyl (C=O) groups excluding carboxylic acids is 2. The lowest BCUT2D eigenvalue weighted by atomic mass is 9.99. The van der Waals surface area contributed by atoms with Gasteiger partial charge in [-0.3, -0.25) is 9.69 Å². The average Bonchev–Trinajstić information content (AvgIpc) is 3.27. The van der Waals surface area contributed by atoms with E-state index in [4.69, 9.17) is 9.47 Å². The number of rotatable bonds is 7. The van der Waals surface area contributed by atoms with Gasteiger partial charge in [0.1, 0.15) is 0 Å². The minimum Gasteiger partial charge on any atom is -0.465 e. The summed E-state index contributed by atoms with van der Waals surface area (Å²) in [5.41, 5.74) is 5.97. The van der Waals surface area contributed by atoms with E-state index in [1.54, 1.807) is 25.3 Å². The highest BCUT2D eigenvalue weighted by molar-refractivity contribution is 6.37. The number of piperidine rings is 1. The molecule has 0 aromatic heterocycles. The maximum absolute atomic E-state index is 13.2. The van der Waals surface area contributed by atoms with Crippen molar-refractivity contribution in [3.63, 3.8) is 0 Å². The number of likely N-dealkylation sites (tertiary alicyclic amines) is 1. The minimum absolute atomic E-state index is 0.223. The number of esters is 1. The van der Waals surface area contributed by atoms with Crippen molar-refractivity contribution < 1.29 is 19.1 Å². The van der Waals surface area contributed by atoms with Crippen LogP contribution in [-0.2, 0) is 20.8 Å². The van der Waals surface area contributed by atoms with E-state index in [9.17, 15) is 9.59 Å². The van der Waals surface area contributed by atoms with Gasteiger partial charge in [0.15, 0.2) is 0 Å². The number of carbonyl (C=O) groups is 2. The van der Waals surface area contributed by atoms with Gasteiger partial charge in [0.2, 0.25) is 0 Å². The third-order valence-corrected chi connectivity index (χ3v) is 7.00. The highest BCUT2D eigenvalue weighted by Crippen LogP contribution is 2.38. The number of hydrogen-bond donors (Lipinski definition) is 2. The molecule has 0 atom stereocenters. The fraction of sp³-hybridized carbons (Fsp3) is 0.267. The Morgan fingerprint density at radius 1 is 0.973 bits per heavy atom. The van der Waals surface area contributed by atoms with E-state index in [-0.39, 0.29) is 5.91 Å². The number of nitrogens with zero attached hydrogens (tertiary/aromatic N) is 1.